The number of aliphatic carboxylic acids is 1. The van der Waals surface area contributed by atoms with Gasteiger partial charge in [0.1, 0.15) is 18.1 Å². The highest BCUT2D eigenvalue weighted by atomic mass is 32.2. The van der Waals surface area contributed by atoms with E-state index < -0.39 is 47.9 Å². The Kier molecular flexibility index (Phi) is 16.6. The molecule has 11 heteroatoms. The van der Waals surface area contributed by atoms with Crippen LogP contribution in [0.3, 0.4) is 0 Å². The largest absolute Gasteiger partial charge is 0.480 e. The molecule has 0 rings (SSSR count). The van der Waals surface area contributed by atoms with Crippen molar-refractivity contribution < 1.29 is 24.3 Å². The molecule has 6 unspecified atom stereocenters. The number of rotatable bonds is 18. The molecule has 0 aliphatic carbocycles. The van der Waals surface area contributed by atoms with Crippen molar-refractivity contribution in [3.63, 3.8) is 0 Å². The zero-order chi connectivity index (χ0) is 26.3. The van der Waals surface area contributed by atoms with E-state index in [1.165, 1.54) is 11.8 Å². The first-order valence-electron chi connectivity index (χ1n) is 12.1. The molecule has 0 saturated heterocycles. The fourth-order valence-electron chi connectivity index (χ4n) is 3.25. The van der Waals surface area contributed by atoms with E-state index in [0.29, 0.717) is 38.0 Å². The smallest absolute Gasteiger partial charge is 0.326 e. The average molecular weight is 504 g/mol. The summed E-state index contributed by atoms with van der Waals surface area (Å²) in [5.74, 6) is -2.29. The lowest BCUT2D eigenvalue weighted by Gasteiger charge is -2.28. The quantitative estimate of drug-likeness (QED) is 0.149. The number of unbranched alkanes of at least 4 members (excludes halogenated alkanes) is 1. The zero-order valence-corrected chi connectivity index (χ0v) is 22.1. The van der Waals surface area contributed by atoms with Gasteiger partial charge in [-0.3, -0.25) is 14.4 Å². The summed E-state index contributed by atoms with van der Waals surface area (Å²) in [5.41, 5.74) is 11.6. The maximum atomic E-state index is 13.2. The Labute approximate surface area is 208 Å². The van der Waals surface area contributed by atoms with Crippen LogP contribution in [-0.4, -0.2) is 71.5 Å². The second-order valence-electron chi connectivity index (χ2n) is 8.81. The van der Waals surface area contributed by atoms with Gasteiger partial charge in [0.05, 0.1) is 6.04 Å². The second kappa shape index (κ2) is 17.6. The molecule has 3 amide bonds. The molecule has 10 nitrogen and oxygen atoms in total. The van der Waals surface area contributed by atoms with Gasteiger partial charge < -0.3 is 32.5 Å². The second-order valence-corrected chi connectivity index (χ2v) is 9.80. The molecule has 0 saturated carbocycles. The van der Waals surface area contributed by atoms with Gasteiger partial charge >= 0.3 is 5.97 Å². The summed E-state index contributed by atoms with van der Waals surface area (Å²) in [6, 6.07) is -3.61. The van der Waals surface area contributed by atoms with E-state index in [2.05, 4.69) is 16.0 Å². The van der Waals surface area contributed by atoms with Crippen LogP contribution in [0.25, 0.3) is 0 Å². The first-order chi connectivity index (χ1) is 16.0. The summed E-state index contributed by atoms with van der Waals surface area (Å²) in [4.78, 5) is 50.3. The number of carbonyl (C=O) groups is 4. The lowest BCUT2D eigenvalue weighted by atomic mass is 9.95. The topological polar surface area (TPSA) is 177 Å². The molecule has 0 aromatic heterocycles. The van der Waals surface area contributed by atoms with Crippen molar-refractivity contribution in [2.45, 2.75) is 90.4 Å². The Hall–Kier alpha value is -1.85. The first kappa shape index (κ1) is 32.1. The monoisotopic (exact) mass is 503 g/mol. The van der Waals surface area contributed by atoms with Crippen LogP contribution in [0, 0.1) is 11.8 Å². The third-order valence-electron chi connectivity index (χ3n) is 6.16. The molecule has 0 aromatic carbocycles. The highest BCUT2D eigenvalue weighted by Crippen LogP contribution is 2.12. The zero-order valence-electron chi connectivity index (χ0n) is 21.3. The molecule has 34 heavy (non-hydrogen) atoms. The van der Waals surface area contributed by atoms with Crippen LogP contribution >= 0.6 is 11.8 Å². The van der Waals surface area contributed by atoms with Crippen LogP contribution in [0.2, 0.25) is 0 Å². The summed E-state index contributed by atoms with van der Waals surface area (Å²) in [5, 5.41) is 17.5. The van der Waals surface area contributed by atoms with Crippen molar-refractivity contribution in [1.29, 1.82) is 0 Å². The molecule has 0 fully saturated rings. The van der Waals surface area contributed by atoms with Crippen LogP contribution < -0.4 is 27.4 Å². The standard InChI is InChI=1S/C23H45N5O5S/c1-6-14(3)18(25)21(30)28-19(15(4)7-2)22(31)26-16(10-8-9-12-24)20(29)27-17(23(32)33)11-13-34-5/h14-19H,6-13,24-25H2,1-5H3,(H,26,31)(H,27,29)(H,28,30)(H,32,33). The molecule has 0 heterocycles. The lowest BCUT2D eigenvalue weighted by molar-refractivity contribution is -0.142. The third kappa shape index (κ3) is 11.5. The fourth-order valence-corrected chi connectivity index (χ4v) is 3.72. The molecule has 0 bridgehead atoms. The number of thioether (sulfide) groups is 1. The molecular formula is C23H45N5O5S. The van der Waals surface area contributed by atoms with Gasteiger partial charge in [-0.05, 0) is 56.1 Å². The third-order valence-corrected chi connectivity index (χ3v) is 6.80. The minimum absolute atomic E-state index is 0.0512. The Morgan fingerprint density at radius 3 is 1.94 bits per heavy atom. The first-order valence-corrected chi connectivity index (χ1v) is 13.5. The van der Waals surface area contributed by atoms with E-state index in [9.17, 15) is 24.3 Å². The predicted octanol–water partition coefficient (Wildman–Crippen LogP) is 0.827. The summed E-state index contributed by atoms with van der Waals surface area (Å²) >= 11 is 1.48. The molecule has 0 aliphatic heterocycles. The van der Waals surface area contributed by atoms with Crippen LogP contribution in [0.5, 0.6) is 0 Å². The number of hydrogen-bond acceptors (Lipinski definition) is 7. The Bertz CT molecular complexity index is 651. The van der Waals surface area contributed by atoms with E-state index >= 15 is 0 Å². The fraction of sp³-hybridized carbons (Fsp3) is 0.826. The van der Waals surface area contributed by atoms with E-state index in [1.807, 2.05) is 34.0 Å². The van der Waals surface area contributed by atoms with Gasteiger partial charge in [0, 0.05) is 0 Å². The van der Waals surface area contributed by atoms with Gasteiger partial charge in [0.15, 0.2) is 0 Å². The number of nitrogens with two attached hydrogens (primary N) is 2. The van der Waals surface area contributed by atoms with E-state index in [-0.39, 0.29) is 18.3 Å². The number of carboxylic acid groups (broad SMARTS) is 1. The molecule has 6 atom stereocenters. The normalized spacial score (nSPS) is 16.4. The minimum Gasteiger partial charge on any atom is -0.480 e. The van der Waals surface area contributed by atoms with Crippen LogP contribution in [0.15, 0.2) is 0 Å². The van der Waals surface area contributed by atoms with Crippen LogP contribution in [0.1, 0.15) is 66.2 Å². The van der Waals surface area contributed by atoms with Gasteiger partial charge in [-0.25, -0.2) is 4.79 Å². The number of nitrogens with one attached hydrogen (secondary N) is 3. The van der Waals surface area contributed by atoms with Crippen molar-refractivity contribution >= 4 is 35.5 Å². The lowest BCUT2D eigenvalue weighted by Crippen LogP contribution is -2.59. The van der Waals surface area contributed by atoms with Crippen molar-refractivity contribution in [1.82, 2.24) is 16.0 Å². The Balaban J connectivity index is 5.56. The summed E-state index contributed by atoms with van der Waals surface area (Å²) in [6.07, 6.45) is 5.01. The van der Waals surface area contributed by atoms with Gasteiger partial charge in [0.25, 0.3) is 0 Å². The molecule has 0 spiro atoms. The highest BCUT2D eigenvalue weighted by molar-refractivity contribution is 7.98. The summed E-state index contributed by atoms with van der Waals surface area (Å²) in [7, 11) is 0. The molecular weight excluding hydrogens is 458 g/mol. The van der Waals surface area contributed by atoms with Gasteiger partial charge in [-0.2, -0.15) is 11.8 Å². The molecule has 0 radical (unpaired) electrons. The number of hydrogen-bond donors (Lipinski definition) is 6. The number of carbonyl (C=O) groups excluding carboxylic acids is 3. The molecule has 198 valence electrons. The summed E-state index contributed by atoms with van der Waals surface area (Å²) in [6.45, 7) is 7.99. The van der Waals surface area contributed by atoms with Crippen molar-refractivity contribution in [3.05, 3.63) is 0 Å². The number of amides is 3. The van der Waals surface area contributed by atoms with E-state index in [0.717, 1.165) is 6.42 Å². The maximum Gasteiger partial charge on any atom is 0.326 e. The minimum atomic E-state index is -1.13. The highest BCUT2D eigenvalue weighted by Gasteiger charge is 2.32. The Morgan fingerprint density at radius 1 is 0.853 bits per heavy atom. The van der Waals surface area contributed by atoms with E-state index in [4.69, 9.17) is 11.5 Å². The van der Waals surface area contributed by atoms with Crippen molar-refractivity contribution in [2.24, 2.45) is 23.3 Å². The maximum absolute atomic E-state index is 13.2. The van der Waals surface area contributed by atoms with Gasteiger partial charge in [-0.1, -0.05) is 40.5 Å². The van der Waals surface area contributed by atoms with E-state index in [1.54, 1.807) is 0 Å². The molecule has 0 aliphatic rings. The molecule has 8 N–H and O–H groups in total. The van der Waals surface area contributed by atoms with Crippen molar-refractivity contribution in [3.8, 4) is 0 Å². The van der Waals surface area contributed by atoms with Crippen molar-refractivity contribution in [2.75, 3.05) is 18.6 Å². The van der Waals surface area contributed by atoms with Crippen LogP contribution in [0.4, 0.5) is 0 Å². The number of carboxylic acids is 1. The summed E-state index contributed by atoms with van der Waals surface area (Å²) < 4.78 is 0. The predicted molar refractivity (Wildman–Crippen MR) is 136 cm³/mol. The van der Waals surface area contributed by atoms with Crippen LogP contribution in [-0.2, 0) is 19.2 Å². The molecule has 0 aromatic rings. The Morgan fingerprint density at radius 2 is 1.44 bits per heavy atom. The average Bonchev–Trinajstić information content (AvgIpc) is 2.82. The van der Waals surface area contributed by atoms with Gasteiger partial charge in [0.2, 0.25) is 17.7 Å². The SMILES string of the molecule is CCC(C)C(N)C(=O)NC(C(=O)NC(CCCCN)C(=O)NC(CCSC)C(=O)O)C(C)CC. The van der Waals surface area contributed by atoms with Gasteiger partial charge in [-0.15, -0.1) is 0 Å².